The number of hydrogen-bond acceptors (Lipinski definition) is 2. The zero-order valence-corrected chi connectivity index (χ0v) is 15.6. The summed E-state index contributed by atoms with van der Waals surface area (Å²) in [6, 6.07) is 6.70. The average Bonchev–Trinajstić information content (AvgIpc) is 2.60. The lowest BCUT2D eigenvalue weighted by molar-refractivity contribution is 0.296. The summed E-state index contributed by atoms with van der Waals surface area (Å²) in [4.78, 5) is 0. The predicted molar refractivity (Wildman–Crippen MR) is 104 cm³/mol. The molecule has 24 heavy (non-hydrogen) atoms. The molecule has 0 radical (unpaired) electrons. The molecule has 0 atom stereocenters. The Bertz CT molecular complexity index is 478. The van der Waals surface area contributed by atoms with Gasteiger partial charge in [-0.2, -0.15) is 11.8 Å². The van der Waals surface area contributed by atoms with Crippen LogP contribution in [0.15, 0.2) is 24.3 Å². The SMILES string of the molecule is OCCCSCCCCCCCCCCC#Cc1ccccc1F. The van der Waals surface area contributed by atoms with Crippen LogP contribution in [0.5, 0.6) is 0 Å². The van der Waals surface area contributed by atoms with Gasteiger partial charge in [-0.05, 0) is 42.9 Å². The van der Waals surface area contributed by atoms with Crippen LogP contribution in [0.25, 0.3) is 0 Å². The van der Waals surface area contributed by atoms with Gasteiger partial charge in [0, 0.05) is 13.0 Å². The molecule has 0 saturated heterocycles. The van der Waals surface area contributed by atoms with Crippen LogP contribution in [0.4, 0.5) is 4.39 Å². The zero-order chi connectivity index (χ0) is 17.3. The van der Waals surface area contributed by atoms with Gasteiger partial charge in [0.15, 0.2) is 0 Å². The third-order valence-electron chi connectivity index (χ3n) is 3.88. The molecule has 1 rings (SSSR count). The molecule has 134 valence electrons. The fraction of sp³-hybridized carbons (Fsp3) is 0.619. The lowest BCUT2D eigenvalue weighted by Crippen LogP contribution is -1.88. The minimum absolute atomic E-state index is 0.225. The second-order valence-electron chi connectivity index (χ2n) is 6.05. The van der Waals surface area contributed by atoms with Gasteiger partial charge in [0.05, 0.1) is 5.56 Å². The van der Waals surface area contributed by atoms with Crippen LogP contribution >= 0.6 is 11.8 Å². The van der Waals surface area contributed by atoms with Crippen LogP contribution in [0.2, 0.25) is 0 Å². The van der Waals surface area contributed by atoms with E-state index in [-0.39, 0.29) is 5.82 Å². The zero-order valence-electron chi connectivity index (χ0n) is 14.7. The van der Waals surface area contributed by atoms with Crippen molar-refractivity contribution in [2.24, 2.45) is 0 Å². The highest BCUT2D eigenvalue weighted by molar-refractivity contribution is 7.99. The molecular formula is C21H31FOS. The van der Waals surface area contributed by atoms with E-state index in [1.54, 1.807) is 12.1 Å². The Kier molecular flexibility index (Phi) is 13.6. The highest BCUT2D eigenvalue weighted by atomic mass is 32.2. The van der Waals surface area contributed by atoms with Crippen molar-refractivity contribution in [3.63, 3.8) is 0 Å². The van der Waals surface area contributed by atoms with E-state index in [0.29, 0.717) is 12.2 Å². The normalized spacial score (nSPS) is 10.4. The van der Waals surface area contributed by atoms with E-state index in [4.69, 9.17) is 5.11 Å². The van der Waals surface area contributed by atoms with Crippen molar-refractivity contribution in [2.45, 2.75) is 64.2 Å². The number of unbranched alkanes of at least 4 members (excludes halogenated alkanes) is 8. The van der Waals surface area contributed by atoms with Gasteiger partial charge in [0.25, 0.3) is 0 Å². The summed E-state index contributed by atoms with van der Waals surface area (Å²) >= 11 is 1.96. The van der Waals surface area contributed by atoms with Gasteiger partial charge in [-0.15, -0.1) is 0 Å². The second kappa shape index (κ2) is 15.5. The van der Waals surface area contributed by atoms with Crippen molar-refractivity contribution in [3.05, 3.63) is 35.6 Å². The lowest BCUT2D eigenvalue weighted by Gasteiger charge is -2.02. The van der Waals surface area contributed by atoms with Crippen LogP contribution in [0.1, 0.15) is 69.8 Å². The van der Waals surface area contributed by atoms with E-state index in [2.05, 4.69) is 11.8 Å². The van der Waals surface area contributed by atoms with E-state index in [0.717, 1.165) is 25.0 Å². The summed E-state index contributed by atoms with van der Waals surface area (Å²) in [6.45, 7) is 0.321. The summed E-state index contributed by atoms with van der Waals surface area (Å²) in [5, 5.41) is 8.68. The van der Waals surface area contributed by atoms with Gasteiger partial charge in [-0.25, -0.2) is 4.39 Å². The molecule has 0 aromatic heterocycles. The Morgan fingerprint density at radius 1 is 0.833 bits per heavy atom. The highest BCUT2D eigenvalue weighted by Gasteiger charge is 1.95. The second-order valence-corrected chi connectivity index (χ2v) is 7.27. The maximum absolute atomic E-state index is 13.4. The van der Waals surface area contributed by atoms with Gasteiger partial charge >= 0.3 is 0 Å². The van der Waals surface area contributed by atoms with Gasteiger partial charge in [0.2, 0.25) is 0 Å². The minimum Gasteiger partial charge on any atom is -0.396 e. The fourth-order valence-electron chi connectivity index (χ4n) is 2.47. The molecule has 0 heterocycles. The molecule has 0 unspecified atom stereocenters. The molecular weight excluding hydrogens is 319 g/mol. The van der Waals surface area contributed by atoms with Crippen LogP contribution in [-0.4, -0.2) is 23.2 Å². The van der Waals surface area contributed by atoms with Crippen LogP contribution in [-0.2, 0) is 0 Å². The van der Waals surface area contributed by atoms with Crippen molar-refractivity contribution in [2.75, 3.05) is 18.1 Å². The van der Waals surface area contributed by atoms with Crippen molar-refractivity contribution >= 4 is 11.8 Å². The number of rotatable bonds is 13. The maximum atomic E-state index is 13.4. The summed E-state index contributed by atoms with van der Waals surface area (Å²) < 4.78 is 13.4. The summed E-state index contributed by atoms with van der Waals surface area (Å²) in [5.74, 6) is 8.09. The molecule has 0 saturated carbocycles. The first-order chi connectivity index (χ1) is 11.8. The number of thioether (sulfide) groups is 1. The number of aliphatic hydroxyl groups is 1. The summed E-state index contributed by atoms with van der Waals surface area (Å²) in [5.41, 5.74) is 0.507. The first-order valence-corrected chi connectivity index (χ1v) is 10.4. The monoisotopic (exact) mass is 350 g/mol. The number of aliphatic hydroxyl groups excluding tert-OH is 1. The van der Waals surface area contributed by atoms with Crippen molar-refractivity contribution in [1.82, 2.24) is 0 Å². The molecule has 1 nitrogen and oxygen atoms in total. The van der Waals surface area contributed by atoms with Crippen LogP contribution in [0.3, 0.4) is 0 Å². The van der Waals surface area contributed by atoms with Gasteiger partial charge < -0.3 is 5.11 Å². The smallest absolute Gasteiger partial charge is 0.138 e. The van der Waals surface area contributed by atoms with Crippen molar-refractivity contribution in [3.8, 4) is 11.8 Å². The Morgan fingerprint density at radius 3 is 2.17 bits per heavy atom. The third-order valence-corrected chi connectivity index (χ3v) is 5.04. The molecule has 0 aliphatic heterocycles. The third kappa shape index (κ3) is 11.5. The molecule has 0 amide bonds. The average molecular weight is 351 g/mol. The molecule has 0 fully saturated rings. The van der Waals surface area contributed by atoms with Crippen LogP contribution in [0, 0.1) is 17.7 Å². The Balaban J connectivity index is 1.85. The number of hydrogen-bond donors (Lipinski definition) is 1. The summed E-state index contributed by atoms with van der Waals surface area (Å²) in [7, 11) is 0. The standard InChI is InChI=1S/C21H31FOS/c22-21-16-11-10-15-20(21)14-9-7-5-3-1-2-4-6-8-12-18-24-19-13-17-23/h10-11,15-16,23H,1-8,12-13,17-19H2. The van der Waals surface area contributed by atoms with E-state index >= 15 is 0 Å². The fourth-order valence-corrected chi connectivity index (χ4v) is 3.41. The van der Waals surface area contributed by atoms with Crippen molar-refractivity contribution < 1.29 is 9.50 Å². The molecule has 0 aliphatic carbocycles. The minimum atomic E-state index is -0.225. The molecule has 0 aliphatic rings. The molecule has 0 spiro atoms. The van der Waals surface area contributed by atoms with E-state index in [1.165, 1.54) is 56.8 Å². The first kappa shape index (κ1) is 21.1. The molecule has 0 bridgehead atoms. The number of halogens is 1. The lowest BCUT2D eigenvalue weighted by atomic mass is 10.1. The molecule has 3 heteroatoms. The van der Waals surface area contributed by atoms with Gasteiger partial charge in [-0.3, -0.25) is 0 Å². The van der Waals surface area contributed by atoms with E-state index in [9.17, 15) is 4.39 Å². The highest BCUT2D eigenvalue weighted by Crippen LogP contribution is 2.12. The summed E-state index contributed by atoms with van der Waals surface area (Å²) in [6.07, 6.45) is 12.0. The Labute approximate surface area is 151 Å². The predicted octanol–water partition coefficient (Wildman–Crippen LogP) is 5.80. The van der Waals surface area contributed by atoms with Crippen LogP contribution < -0.4 is 0 Å². The Hall–Kier alpha value is -0.980. The van der Waals surface area contributed by atoms with Gasteiger partial charge in [0.1, 0.15) is 5.82 Å². The quantitative estimate of drug-likeness (QED) is 0.358. The number of benzene rings is 1. The van der Waals surface area contributed by atoms with E-state index in [1.807, 2.05) is 17.8 Å². The topological polar surface area (TPSA) is 20.2 Å². The molecule has 1 N–H and O–H groups in total. The van der Waals surface area contributed by atoms with E-state index < -0.39 is 0 Å². The molecule has 1 aromatic rings. The van der Waals surface area contributed by atoms with Crippen molar-refractivity contribution in [1.29, 1.82) is 0 Å². The Morgan fingerprint density at radius 2 is 1.46 bits per heavy atom. The maximum Gasteiger partial charge on any atom is 0.138 e. The van der Waals surface area contributed by atoms with Gasteiger partial charge in [-0.1, -0.05) is 62.5 Å². The largest absolute Gasteiger partial charge is 0.396 e. The molecule has 1 aromatic carbocycles. The first-order valence-electron chi connectivity index (χ1n) is 9.26.